The van der Waals surface area contributed by atoms with Gasteiger partial charge in [-0.2, -0.15) is 0 Å². The first-order chi connectivity index (χ1) is 12.0. The average molecular weight is 386 g/mol. The van der Waals surface area contributed by atoms with Gasteiger partial charge in [-0.15, -0.1) is 0 Å². The number of carbonyl (C=O) groups is 3. The third kappa shape index (κ3) is 3.57. The standard InChI is InChI=1S/C16H26N4O5S/c1-10(21)17-9-20-14(22)12-8-11(4-5-13(12)19(3)15(20)23)26(24,25)18-16(2)6-7-16/h11-13,18H,4-9H2,1-3H3,(H,17,21). The molecular formula is C16H26N4O5S. The maximum atomic E-state index is 12.8. The molecule has 146 valence electrons. The Bertz CT molecular complexity index is 733. The van der Waals surface area contributed by atoms with Crippen LogP contribution in [0.4, 0.5) is 4.79 Å². The van der Waals surface area contributed by atoms with E-state index in [-0.39, 0.29) is 30.6 Å². The summed E-state index contributed by atoms with van der Waals surface area (Å²) in [4.78, 5) is 38.8. The topological polar surface area (TPSA) is 116 Å². The molecule has 3 rings (SSSR count). The number of fused-ring (bicyclic) bond motifs is 1. The Morgan fingerprint density at radius 2 is 1.92 bits per heavy atom. The molecule has 1 saturated heterocycles. The molecule has 1 aliphatic heterocycles. The molecule has 0 aromatic rings. The summed E-state index contributed by atoms with van der Waals surface area (Å²) in [5, 5.41) is 1.82. The van der Waals surface area contributed by atoms with E-state index in [1.807, 2.05) is 6.92 Å². The van der Waals surface area contributed by atoms with Crippen LogP contribution in [0.5, 0.6) is 0 Å². The summed E-state index contributed by atoms with van der Waals surface area (Å²) in [6, 6.07) is -0.763. The second-order valence-electron chi connectivity index (χ2n) is 7.87. The molecule has 9 nitrogen and oxygen atoms in total. The number of sulfonamides is 1. The maximum Gasteiger partial charge on any atom is 0.328 e. The lowest BCUT2D eigenvalue weighted by atomic mass is 9.81. The maximum absolute atomic E-state index is 12.8. The van der Waals surface area contributed by atoms with E-state index >= 15 is 0 Å². The zero-order chi connectivity index (χ0) is 19.3. The van der Waals surface area contributed by atoms with E-state index in [0.717, 1.165) is 17.7 Å². The molecule has 2 aliphatic carbocycles. The monoisotopic (exact) mass is 386 g/mol. The summed E-state index contributed by atoms with van der Waals surface area (Å²) in [6.45, 7) is 2.98. The Balaban J connectivity index is 1.75. The van der Waals surface area contributed by atoms with Gasteiger partial charge in [0.15, 0.2) is 0 Å². The fourth-order valence-electron chi connectivity index (χ4n) is 3.81. The number of amides is 4. The normalized spacial score (nSPS) is 30.8. The van der Waals surface area contributed by atoms with Crippen LogP contribution in [0, 0.1) is 5.92 Å². The van der Waals surface area contributed by atoms with Crippen LogP contribution >= 0.6 is 0 Å². The molecular weight excluding hydrogens is 360 g/mol. The summed E-state index contributed by atoms with van der Waals surface area (Å²) in [7, 11) is -1.90. The van der Waals surface area contributed by atoms with Crippen LogP contribution in [0.1, 0.15) is 46.0 Å². The van der Waals surface area contributed by atoms with E-state index in [1.165, 1.54) is 11.8 Å². The lowest BCUT2D eigenvalue weighted by molar-refractivity contribution is -0.140. The lowest BCUT2D eigenvalue weighted by Gasteiger charge is -2.46. The van der Waals surface area contributed by atoms with Crippen LogP contribution in [0.15, 0.2) is 0 Å². The van der Waals surface area contributed by atoms with Gasteiger partial charge in [-0.1, -0.05) is 0 Å². The number of hydrogen-bond acceptors (Lipinski definition) is 5. The predicted octanol–water partition coefficient (Wildman–Crippen LogP) is -0.0168. The first-order valence-corrected chi connectivity index (χ1v) is 10.4. The second kappa shape index (κ2) is 6.49. The summed E-state index contributed by atoms with van der Waals surface area (Å²) < 4.78 is 28.2. The van der Waals surface area contributed by atoms with E-state index in [1.54, 1.807) is 7.05 Å². The zero-order valence-electron chi connectivity index (χ0n) is 15.3. The van der Waals surface area contributed by atoms with Gasteiger partial charge in [-0.05, 0) is 39.0 Å². The van der Waals surface area contributed by atoms with E-state index < -0.39 is 33.1 Å². The predicted molar refractivity (Wildman–Crippen MR) is 93.3 cm³/mol. The van der Waals surface area contributed by atoms with Crippen LogP contribution in [0.25, 0.3) is 0 Å². The van der Waals surface area contributed by atoms with E-state index in [9.17, 15) is 22.8 Å². The van der Waals surface area contributed by atoms with Crippen molar-refractivity contribution in [1.82, 2.24) is 19.8 Å². The third-order valence-electron chi connectivity index (χ3n) is 5.69. The van der Waals surface area contributed by atoms with Gasteiger partial charge in [-0.25, -0.2) is 22.8 Å². The summed E-state index contributed by atoms with van der Waals surface area (Å²) in [5.74, 6) is -1.33. The molecule has 3 fully saturated rings. The van der Waals surface area contributed by atoms with Crippen molar-refractivity contribution < 1.29 is 22.8 Å². The minimum absolute atomic E-state index is 0.184. The molecule has 1 heterocycles. The molecule has 3 aliphatic rings. The number of nitrogens with zero attached hydrogens (tertiary/aromatic N) is 2. The van der Waals surface area contributed by atoms with E-state index in [0.29, 0.717) is 12.8 Å². The number of rotatable bonds is 5. The van der Waals surface area contributed by atoms with Crippen molar-refractivity contribution in [2.75, 3.05) is 13.7 Å². The van der Waals surface area contributed by atoms with Gasteiger partial charge >= 0.3 is 6.03 Å². The van der Waals surface area contributed by atoms with Crippen LogP contribution in [0.2, 0.25) is 0 Å². The lowest BCUT2D eigenvalue weighted by Crippen LogP contribution is -2.64. The molecule has 4 amide bonds. The quantitative estimate of drug-likeness (QED) is 0.689. The molecule has 10 heteroatoms. The Hall–Kier alpha value is -1.68. The van der Waals surface area contributed by atoms with Crippen LogP contribution < -0.4 is 10.0 Å². The smallest absolute Gasteiger partial charge is 0.328 e. The summed E-state index contributed by atoms with van der Waals surface area (Å²) >= 11 is 0. The largest absolute Gasteiger partial charge is 0.338 e. The Labute approximate surface area is 153 Å². The summed E-state index contributed by atoms with van der Waals surface area (Å²) in [6.07, 6.45) is 2.72. The molecule has 0 radical (unpaired) electrons. The highest BCUT2D eigenvalue weighted by Crippen LogP contribution is 2.39. The molecule has 0 bridgehead atoms. The SMILES string of the molecule is CC(=O)NCN1C(=O)C2CC(S(=O)(=O)NC3(C)CC3)CCC2N(C)C1=O. The van der Waals surface area contributed by atoms with Gasteiger partial charge in [0.2, 0.25) is 21.8 Å². The van der Waals surface area contributed by atoms with E-state index in [4.69, 9.17) is 0 Å². The fraction of sp³-hybridized carbons (Fsp3) is 0.812. The van der Waals surface area contributed by atoms with Crippen molar-refractivity contribution in [2.24, 2.45) is 5.92 Å². The molecule has 0 aromatic carbocycles. The van der Waals surface area contributed by atoms with Gasteiger partial charge in [-0.3, -0.25) is 9.59 Å². The Morgan fingerprint density at radius 3 is 2.50 bits per heavy atom. The fourth-order valence-corrected chi connectivity index (χ4v) is 5.77. The van der Waals surface area contributed by atoms with Crippen molar-refractivity contribution in [1.29, 1.82) is 0 Å². The molecule has 0 aromatic heterocycles. The van der Waals surface area contributed by atoms with Gasteiger partial charge in [0, 0.05) is 25.6 Å². The number of hydrogen-bond donors (Lipinski definition) is 2. The highest BCUT2D eigenvalue weighted by Gasteiger charge is 2.51. The highest BCUT2D eigenvalue weighted by atomic mass is 32.2. The summed E-state index contributed by atoms with van der Waals surface area (Å²) in [5.41, 5.74) is -0.351. The molecule has 2 saturated carbocycles. The van der Waals surface area contributed by atoms with E-state index in [2.05, 4.69) is 10.0 Å². The molecule has 3 unspecified atom stereocenters. The average Bonchev–Trinajstić information content (AvgIpc) is 3.28. The van der Waals surface area contributed by atoms with Gasteiger partial charge < -0.3 is 10.2 Å². The molecule has 2 N–H and O–H groups in total. The third-order valence-corrected chi connectivity index (χ3v) is 7.78. The molecule has 26 heavy (non-hydrogen) atoms. The first-order valence-electron chi connectivity index (χ1n) is 8.89. The van der Waals surface area contributed by atoms with Gasteiger partial charge in [0.1, 0.15) is 6.67 Å². The highest BCUT2D eigenvalue weighted by molar-refractivity contribution is 7.90. The van der Waals surface area contributed by atoms with Crippen molar-refractivity contribution >= 4 is 27.9 Å². The first kappa shape index (κ1) is 19.1. The zero-order valence-corrected chi connectivity index (χ0v) is 16.1. The van der Waals surface area contributed by atoms with Crippen LogP contribution in [-0.4, -0.2) is 66.6 Å². The minimum Gasteiger partial charge on any atom is -0.338 e. The molecule has 3 atom stereocenters. The van der Waals surface area contributed by atoms with Crippen molar-refractivity contribution in [3.05, 3.63) is 0 Å². The van der Waals surface area contributed by atoms with Crippen LogP contribution in [0.3, 0.4) is 0 Å². The number of urea groups is 1. The number of carbonyl (C=O) groups excluding carboxylic acids is 3. The van der Waals surface area contributed by atoms with Crippen molar-refractivity contribution in [3.63, 3.8) is 0 Å². The Kier molecular flexibility index (Phi) is 4.76. The number of imide groups is 1. The minimum atomic E-state index is -3.52. The van der Waals surface area contributed by atoms with Crippen molar-refractivity contribution in [3.8, 4) is 0 Å². The van der Waals surface area contributed by atoms with Gasteiger partial charge in [0.05, 0.1) is 11.2 Å². The van der Waals surface area contributed by atoms with Gasteiger partial charge in [0.25, 0.3) is 0 Å². The second-order valence-corrected chi connectivity index (χ2v) is 9.83. The Morgan fingerprint density at radius 1 is 1.27 bits per heavy atom. The van der Waals surface area contributed by atoms with Crippen molar-refractivity contribution in [2.45, 2.75) is 62.8 Å². The molecule has 0 spiro atoms. The number of nitrogens with one attached hydrogen (secondary N) is 2. The van der Waals surface area contributed by atoms with Crippen LogP contribution in [-0.2, 0) is 19.6 Å².